The smallest absolute Gasteiger partial charge is 0.340 e. The summed E-state index contributed by atoms with van der Waals surface area (Å²) in [5, 5.41) is 0. The van der Waals surface area contributed by atoms with Gasteiger partial charge in [-0.05, 0) is 56.2 Å². The van der Waals surface area contributed by atoms with Crippen LogP contribution in [0.5, 0.6) is 5.75 Å². The van der Waals surface area contributed by atoms with Crippen LogP contribution in [-0.2, 0) is 4.74 Å². The first-order valence-corrected chi connectivity index (χ1v) is 9.05. The first-order valence-electron chi connectivity index (χ1n) is 9.05. The van der Waals surface area contributed by atoms with Crippen molar-refractivity contribution in [3.05, 3.63) is 47.7 Å². The van der Waals surface area contributed by atoms with Crippen molar-refractivity contribution in [3.63, 3.8) is 0 Å². The van der Waals surface area contributed by atoms with E-state index in [1.165, 1.54) is 32.1 Å². The Morgan fingerprint density at radius 1 is 1.08 bits per heavy atom. The lowest BCUT2D eigenvalue weighted by atomic mass is 9.86. The number of carbonyl (C=O) groups excluding carboxylic acids is 1. The molecule has 0 spiro atoms. The van der Waals surface area contributed by atoms with Crippen LogP contribution in [0.4, 0.5) is 0 Å². The zero-order chi connectivity index (χ0) is 17.6. The third-order valence-corrected chi connectivity index (χ3v) is 4.80. The molecule has 0 bridgehead atoms. The van der Waals surface area contributed by atoms with Gasteiger partial charge < -0.3 is 9.47 Å². The number of benzene rings is 1. The molecule has 4 heteroatoms. The predicted octanol–water partition coefficient (Wildman–Crippen LogP) is 4.98. The Labute approximate surface area is 149 Å². The summed E-state index contributed by atoms with van der Waals surface area (Å²) in [6.45, 7) is 2.17. The first kappa shape index (κ1) is 17.5. The minimum atomic E-state index is -0.323. The third-order valence-electron chi connectivity index (χ3n) is 4.80. The van der Waals surface area contributed by atoms with E-state index < -0.39 is 0 Å². The maximum absolute atomic E-state index is 12.4. The van der Waals surface area contributed by atoms with Crippen molar-refractivity contribution in [3.8, 4) is 17.0 Å². The van der Waals surface area contributed by atoms with Gasteiger partial charge in [-0.2, -0.15) is 0 Å². The van der Waals surface area contributed by atoms with Gasteiger partial charge in [0.2, 0.25) is 0 Å². The second kappa shape index (κ2) is 8.15. The maximum Gasteiger partial charge on any atom is 0.340 e. The number of esters is 1. The number of ether oxygens (including phenoxy) is 2. The summed E-state index contributed by atoms with van der Waals surface area (Å²) < 4.78 is 10.4. The fourth-order valence-electron chi connectivity index (χ4n) is 3.44. The second-order valence-electron chi connectivity index (χ2n) is 6.42. The van der Waals surface area contributed by atoms with Gasteiger partial charge in [-0.25, -0.2) is 4.79 Å². The Morgan fingerprint density at radius 3 is 2.44 bits per heavy atom. The topological polar surface area (TPSA) is 48.4 Å². The zero-order valence-electron chi connectivity index (χ0n) is 15.0. The predicted molar refractivity (Wildman–Crippen MR) is 98.0 cm³/mol. The minimum absolute atomic E-state index is 0.323. The lowest BCUT2D eigenvalue weighted by Crippen LogP contribution is -2.11. The quantitative estimate of drug-likeness (QED) is 0.721. The van der Waals surface area contributed by atoms with Crippen LogP contribution < -0.4 is 4.74 Å². The summed E-state index contributed by atoms with van der Waals surface area (Å²) in [4.78, 5) is 17.2. The molecule has 2 aromatic rings. The Balaban J connectivity index is 2.01. The van der Waals surface area contributed by atoms with Crippen molar-refractivity contribution >= 4 is 5.97 Å². The summed E-state index contributed by atoms with van der Waals surface area (Å²) in [5.41, 5.74) is 3.20. The van der Waals surface area contributed by atoms with Gasteiger partial charge in [0, 0.05) is 17.2 Å². The summed E-state index contributed by atoms with van der Waals surface area (Å²) in [6.07, 6.45) is 6.16. The highest BCUT2D eigenvalue weighted by Gasteiger charge is 2.21. The Morgan fingerprint density at radius 2 is 1.80 bits per heavy atom. The van der Waals surface area contributed by atoms with Crippen LogP contribution in [0.1, 0.15) is 61.0 Å². The van der Waals surface area contributed by atoms with Crippen molar-refractivity contribution in [2.45, 2.75) is 44.9 Å². The third kappa shape index (κ3) is 4.01. The zero-order valence-corrected chi connectivity index (χ0v) is 15.0. The van der Waals surface area contributed by atoms with E-state index in [-0.39, 0.29) is 5.97 Å². The molecule has 0 atom stereocenters. The molecule has 1 aromatic carbocycles. The van der Waals surface area contributed by atoms with E-state index in [0.29, 0.717) is 23.8 Å². The second-order valence-corrected chi connectivity index (χ2v) is 6.42. The van der Waals surface area contributed by atoms with E-state index in [9.17, 15) is 4.79 Å². The molecule has 1 fully saturated rings. The lowest BCUT2D eigenvalue weighted by molar-refractivity contribution is 0.0527. The molecule has 25 heavy (non-hydrogen) atoms. The number of rotatable bonds is 5. The number of nitrogens with zero attached hydrogens (tertiary/aromatic N) is 1. The molecule has 132 valence electrons. The molecule has 4 nitrogen and oxygen atoms in total. The monoisotopic (exact) mass is 339 g/mol. The van der Waals surface area contributed by atoms with Gasteiger partial charge in [0.15, 0.2) is 0 Å². The Kier molecular flexibility index (Phi) is 5.69. The molecular weight excluding hydrogens is 314 g/mol. The van der Waals surface area contributed by atoms with E-state index in [1.807, 2.05) is 43.3 Å². The first-order chi connectivity index (χ1) is 12.2. The van der Waals surface area contributed by atoms with Crippen molar-refractivity contribution in [2.24, 2.45) is 0 Å². The van der Waals surface area contributed by atoms with Crippen LogP contribution in [0, 0.1) is 0 Å². The van der Waals surface area contributed by atoms with Crippen LogP contribution in [0.15, 0.2) is 36.4 Å². The van der Waals surface area contributed by atoms with Crippen LogP contribution in [-0.4, -0.2) is 24.7 Å². The van der Waals surface area contributed by atoms with Crippen LogP contribution >= 0.6 is 0 Å². The molecule has 0 unspecified atom stereocenters. The van der Waals surface area contributed by atoms with Gasteiger partial charge in [-0.1, -0.05) is 19.3 Å². The van der Waals surface area contributed by atoms with Crippen LogP contribution in [0.3, 0.4) is 0 Å². The van der Waals surface area contributed by atoms with Crippen molar-refractivity contribution < 1.29 is 14.3 Å². The van der Waals surface area contributed by atoms with Gasteiger partial charge in [0.25, 0.3) is 0 Å². The molecule has 1 saturated carbocycles. The van der Waals surface area contributed by atoms with Crippen molar-refractivity contribution in [1.82, 2.24) is 4.98 Å². The molecule has 0 N–H and O–H groups in total. The molecule has 3 rings (SSSR count). The highest BCUT2D eigenvalue weighted by molar-refractivity contribution is 5.96. The maximum atomic E-state index is 12.4. The van der Waals surface area contributed by atoms with E-state index >= 15 is 0 Å². The summed E-state index contributed by atoms with van der Waals surface area (Å²) in [5.74, 6) is 0.947. The largest absolute Gasteiger partial charge is 0.497 e. The van der Waals surface area contributed by atoms with Gasteiger partial charge >= 0.3 is 5.97 Å². The molecule has 0 saturated heterocycles. The van der Waals surface area contributed by atoms with Gasteiger partial charge in [0.05, 0.1) is 25.0 Å². The molecule has 0 aliphatic heterocycles. The molecule has 0 amide bonds. The molecular formula is C21H25NO3. The van der Waals surface area contributed by atoms with E-state index in [2.05, 4.69) is 0 Å². The summed E-state index contributed by atoms with van der Waals surface area (Å²) in [6, 6.07) is 11.5. The van der Waals surface area contributed by atoms with Crippen LogP contribution in [0.2, 0.25) is 0 Å². The van der Waals surface area contributed by atoms with E-state index in [1.54, 1.807) is 7.11 Å². The standard InChI is InChI=1S/C21H25NO3/c1-3-25-21(23)18-13-14-19(15-7-5-4-6-8-15)22-20(18)16-9-11-17(24-2)12-10-16/h9-15H,3-8H2,1-2H3. The molecule has 1 aliphatic rings. The van der Waals surface area contributed by atoms with Crippen molar-refractivity contribution in [2.75, 3.05) is 13.7 Å². The number of hydrogen-bond donors (Lipinski definition) is 0. The highest BCUT2D eigenvalue weighted by Crippen LogP contribution is 2.34. The Bertz CT molecular complexity index is 718. The molecule has 1 heterocycles. The number of methoxy groups -OCH3 is 1. The average Bonchev–Trinajstić information content (AvgIpc) is 2.68. The van der Waals surface area contributed by atoms with Crippen LogP contribution in [0.25, 0.3) is 11.3 Å². The fraction of sp³-hybridized carbons (Fsp3) is 0.429. The van der Waals surface area contributed by atoms with Crippen molar-refractivity contribution in [1.29, 1.82) is 0 Å². The minimum Gasteiger partial charge on any atom is -0.497 e. The Hall–Kier alpha value is -2.36. The van der Waals surface area contributed by atoms with Gasteiger partial charge in [0.1, 0.15) is 5.75 Å². The lowest BCUT2D eigenvalue weighted by Gasteiger charge is -2.22. The normalized spacial score (nSPS) is 15.0. The summed E-state index contributed by atoms with van der Waals surface area (Å²) >= 11 is 0. The number of hydrogen-bond acceptors (Lipinski definition) is 4. The highest BCUT2D eigenvalue weighted by atomic mass is 16.5. The number of pyridine rings is 1. The molecule has 0 radical (unpaired) electrons. The van der Waals surface area contributed by atoms with E-state index in [4.69, 9.17) is 14.5 Å². The fourth-order valence-corrected chi connectivity index (χ4v) is 3.44. The summed E-state index contributed by atoms with van der Waals surface area (Å²) in [7, 11) is 1.64. The van der Waals surface area contributed by atoms with Gasteiger partial charge in [-0.15, -0.1) is 0 Å². The van der Waals surface area contributed by atoms with E-state index in [0.717, 1.165) is 17.0 Å². The molecule has 1 aromatic heterocycles. The number of carbonyl (C=O) groups is 1. The van der Waals surface area contributed by atoms with Gasteiger partial charge in [-0.3, -0.25) is 4.98 Å². The SMILES string of the molecule is CCOC(=O)c1ccc(C2CCCCC2)nc1-c1ccc(OC)cc1. The average molecular weight is 339 g/mol. The number of aromatic nitrogens is 1. The molecule has 1 aliphatic carbocycles.